The van der Waals surface area contributed by atoms with Crippen molar-refractivity contribution in [2.24, 2.45) is 0 Å². The van der Waals surface area contributed by atoms with Gasteiger partial charge in [0.2, 0.25) is 5.95 Å². The maximum atomic E-state index is 5.26. The summed E-state index contributed by atoms with van der Waals surface area (Å²) >= 11 is 0. The lowest BCUT2D eigenvalue weighted by Gasteiger charge is -2.14. The lowest BCUT2D eigenvalue weighted by atomic mass is 9.93. The number of hydrogen-bond acceptors (Lipinski definition) is 3. The first-order valence-electron chi connectivity index (χ1n) is 16.5. The van der Waals surface area contributed by atoms with Gasteiger partial charge in [0, 0.05) is 27.3 Å². The Morgan fingerprint density at radius 2 is 0.837 bits per heavy atom. The molecule has 49 heavy (non-hydrogen) atoms. The standard InChI is InChI=1S/C45H28N4/c1-3-13-29(14-4-1)30-23-25-33(26-24-30)44-46-43(32-16-5-2-6-17-32)47-45(48-44)49-39-22-12-11-21-37(39)41-36-20-10-9-19-35(36)40-34-18-8-7-15-31(34)27-28-38(40)42(41)49/h1-28H. The van der Waals surface area contributed by atoms with Crippen molar-refractivity contribution in [3.8, 4) is 39.9 Å². The molecule has 0 saturated heterocycles. The van der Waals surface area contributed by atoms with Gasteiger partial charge in [-0.2, -0.15) is 9.97 Å². The minimum absolute atomic E-state index is 0.590. The van der Waals surface area contributed by atoms with Gasteiger partial charge in [-0.3, -0.25) is 4.57 Å². The first-order chi connectivity index (χ1) is 24.3. The van der Waals surface area contributed by atoms with Gasteiger partial charge in [0.05, 0.1) is 11.0 Å². The van der Waals surface area contributed by atoms with Gasteiger partial charge < -0.3 is 0 Å². The highest BCUT2D eigenvalue weighted by Gasteiger charge is 2.22. The Morgan fingerprint density at radius 1 is 0.327 bits per heavy atom. The highest BCUT2D eigenvalue weighted by Crippen LogP contribution is 2.44. The zero-order valence-corrected chi connectivity index (χ0v) is 26.5. The number of hydrogen-bond donors (Lipinski definition) is 0. The fourth-order valence-electron chi connectivity index (χ4n) is 7.41. The van der Waals surface area contributed by atoms with E-state index in [9.17, 15) is 0 Å². The molecule has 0 atom stereocenters. The van der Waals surface area contributed by atoms with E-state index in [1.54, 1.807) is 0 Å². The SMILES string of the molecule is c1ccc(-c2ccc(-c3nc(-c4ccccc4)nc(-n4c5ccccc5c5c6ccccc6c6c7ccccc7ccc6c54)n3)cc2)cc1. The van der Waals surface area contributed by atoms with Crippen molar-refractivity contribution in [1.29, 1.82) is 0 Å². The van der Waals surface area contributed by atoms with Crippen molar-refractivity contribution in [2.75, 3.05) is 0 Å². The molecule has 0 bridgehead atoms. The van der Waals surface area contributed by atoms with Crippen LogP contribution < -0.4 is 0 Å². The molecule has 0 aliphatic rings. The summed E-state index contributed by atoms with van der Waals surface area (Å²) < 4.78 is 2.25. The molecule has 0 saturated carbocycles. The van der Waals surface area contributed by atoms with E-state index in [2.05, 4.69) is 150 Å². The molecule has 10 aromatic rings. The Hall–Kier alpha value is -6.65. The third-order valence-corrected chi connectivity index (χ3v) is 9.63. The molecule has 10 rings (SSSR count). The number of rotatable bonds is 4. The molecule has 0 aliphatic carbocycles. The van der Waals surface area contributed by atoms with E-state index in [0.717, 1.165) is 27.7 Å². The molecule has 0 N–H and O–H groups in total. The van der Waals surface area contributed by atoms with E-state index in [-0.39, 0.29) is 0 Å². The van der Waals surface area contributed by atoms with Crippen LogP contribution in [0.15, 0.2) is 170 Å². The van der Waals surface area contributed by atoms with Gasteiger partial charge in [-0.25, -0.2) is 4.98 Å². The molecule has 0 fully saturated rings. The minimum Gasteiger partial charge on any atom is -0.277 e. The van der Waals surface area contributed by atoms with E-state index in [0.29, 0.717) is 17.6 Å². The van der Waals surface area contributed by atoms with Crippen LogP contribution in [0.1, 0.15) is 0 Å². The lowest BCUT2D eigenvalue weighted by Crippen LogP contribution is -2.06. The predicted octanol–water partition coefficient (Wildman–Crippen LogP) is 11.4. The molecule has 8 aromatic carbocycles. The van der Waals surface area contributed by atoms with Gasteiger partial charge >= 0.3 is 0 Å². The second-order valence-corrected chi connectivity index (χ2v) is 12.4. The van der Waals surface area contributed by atoms with Gasteiger partial charge in [0.15, 0.2) is 11.6 Å². The van der Waals surface area contributed by atoms with E-state index in [4.69, 9.17) is 15.0 Å². The molecular weight excluding hydrogens is 597 g/mol. The molecule has 0 amide bonds. The predicted molar refractivity (Wildman–Crippen MR) is 203 cm³/mol. The van der Waals surface area contributed by atoms with Crippen LogP contribution in [0.3, 0.4) is 0 Å². The van der Waals surface area contributed by atoms with Crippen molar-refractivity contribution in [3.05, 3.63) is 170 Å². The summed E-state index contributed by atoms with van der Waals surface area (Å²) in [5.74, 6) is 1.85. The Bertz CT molecular complexity index is 2860. The summed E-state index contributed by atoms with van der Waals surface area (Å²) in [4.78, 5) is 15.6. The van der Waals surface area contributed by atoms with Crippen LogP contribution in [0.5, 0.6) is 0 Å². The number of fused-ring (bicyclic) bond motifs is 10. The number of aromatic nitrogens is 4. The van der Waals surface area contributed by atoms with Gasteiger partial charge in [-0.15, -0.1) is 0 Å². The van der Waals surface area contributed by atoms with E-state index in [1.165, 1.54) is 48.7 Å². The second-order valence-electron chi connectivity index (χ2n) is 12.4. The number of para-hydroxylation sites is 1. The zero-order valence-electron chi connectivity index (χ0n) is 26.5. The first-order valence-corrected chi connectivity index (χ1v) is 16.5. The molecule has 2 aromatic heterocycles. The van der Waals surface area contributed by atoms with Crippen LogP contribution in [-0.2, 0) is 0 Å². The van der Waals surface area contributed by atoms with Crippen molar-refractivity contribution in [3.63, 3.8) is 0 Å². The van der Waals surface area contributed by atoms with E-state index < -0.39 is 0 Å². The van der Waals surface area contributed by atoms with Crippen LogP contribution in [0.25, 0.3) is 94.0 Å². The topological polar surface area (TPSA) is 43.6 Å². The largest absolute Gasteiger partial charge is 0.277 e. The average molecular weight is 625 g/mol. The summed E-state index contributed by atoms with van der Waals surface area (Å²) in [7, 11) is 0. The third kappa shape index (κ3) is 4.35. The molecule has 228 valence electrons. The minimum atomic E-state index is 0.590. The van der Waals surface area contributed by atoms with Crippen molar-refractivity contribution in [2.45, 2.75) is 0 Å². The van der Waals surface area contributed by atoms with Gasteiger partial charge in [0.25, 0.3) is 0 Å². The summed E-state index contributed by atoms with van der Waals surface area (Å²) in [6.45, 7) is 0. The molecular formula is C45H28N4. The Balaban J connectivity index is 1.32. The van der Waals surface area contributed by atoms with Gasteiger partial charge in [0.1, 0.15) is 0 Å². The number of benzene rings is 8. The quantitative estimate of drug-likeness (QED) is 0.183. The Kier molecular flexibility index (Phi) is 6.15. The van der Waals surface area contributed by atoms with Crippen molar-refractivity contribution in [1.82, 2.24) is 19.5 Å². The summed E-state index contributed by atoms with van der Waals surface area (Å²) in [6, 6.07) is 59.7. The molecule has 0 radical (unpaired) electrons. The van der Waals surface area contributed by atoms with E-state index in [1.807, 2.05) is 24.3 Å². The van der Waals surface area contributed by atoms with Crippen LogP contribution >= 0.6 is 0 Å². The van der Waals surface area contributed by atoms with Gasteiger partial charge in [-0.05, 0) is 44.1 Å². The molecule has 0 spiro atoms. The fraction of sp³-hybridized carbons (Fsp3) is 0. The fourth-order valence-corrected chi connectivity index (χ4v) is 7.41. The maximum Gasteiger partial charge on any atom is 0.238 e. The lowest BCUT2D eigenvalue weighted by molar-refractivity contribution is 0.955. The number of nitrogens with zero attached hydrogens (tertiary/aromatic N) is 4. The molecule has 0 unspecified atom stereocenters. The molecule has 0 aliphatic heterocycles. The smallest absolute Gasteiger partial charge is 0.238 e. The van der Waals surface area contributed by atoms with Crippen LogP contribution in [0.2, 0.25) is 0 Å². The Morgan fingerprint density at radius 3 is 1.55 bits per heavy atom. The zero-order chi connectivity index (χ0) is 32.3. The van der Waals surface area contributed by atoms with Crippen molar-refractivity contribution >= 4 is 54.1 Å². The highest BCUT2D eigenvalue weighted by molar-refractivity contribution is 6.35. The van der Waals surface area contributed by atoms with Crippen LogP contribution in [0.4, 0.5) is 0 Å². The average Bonchev–Trinajstić information content (AvgIpc) is 3.54. The monoisotopic (exact) mass is 624 g/mol. The second kappa shape index (κ2) is 11.0. The molecule has 4 nitrogen and oxygen atoms in total. The molecule has 4 heteroatoms. The third-order valence-electron chi connectivity index (χ3n) is 9.63. The van der Waals surface area contributed by atoms with Crippen molar-refractivity contribution < 1.29 is 0 Å². The normalized spacial score (nSPS) is 11.7. The Labute approximate surface area is 282 Å². The van der Waals surface area contributed by atoms with Crippen LogP contribution in [0, 0.1) is 0 Å². The van der Waals surface area contributed by atoms with Crippen LogP contribution in [-0.4, -0.2) is 19.5 Å². The maximum absolute atomic E-state index is 5.26. The van der Waals surface area contributed by atoms with E-state index >= 15 is 0 Å². The van der Waals surface area contributed by atoms with Gasteiger partial charge in [-0.1, -0.05) is 164 Å². The summed E-state index contributed by atoms with van der Waals surface area (Å²) in [5.41, 5.74) is 6.34. The summed E-state index contributed by atoms with van der Waals surface area (Å²) in [6.07, 6.45) is 0. The highest BCUT2D eigenvalue weighted by atomic mass is 15.2. The molecule has 2 heterocycles. The first kappa shape index (κ1) is 27.5. The summed E-state index contributed by atoms with van der Waals surface area (Å²) in [5, 5.41) is 9.67.